The zero-order valence-electron chi connectivity index (χ0n) is 15.7. The fourth-order valence-electron chi connectivity index (χ4n) is 4.40. The van der Waals surface area contributed by atoms with Gasteiger partial charge in [-0.2, -0.15) is 0 Å². The van der Waals surface area contributed by atoms with E-state index < -0.39 is 0 Å². The van der Waals surface area contributed by atoms with Crippen LogP contribution in [0.1, 0.15) is 70.6 Å². The Balaban J connectivity index is 1.41. The van der Waals surface area contributed by atoms with E-state index in [0.717, 1.165) is 10.9 Å². The number of thiophene rings is 1. The molecule has 2 N–H and O–H groups in total. The van der Waals surface area contributed by atoms with Crippen LogP contribution in [0.4, 0.5) is 0 Å². The third-order valence-electron chi connectivity index (χ3n) is 5.60. The van der Waals surface area contributed by atoms with Crippen LogP contribution >= 0.6 is 11.3 Å². The molecule has 1 aliphatic heterocycles. The van der Waals surface area contributed by atoms with E-state index in [1.54, 1.807) is 18.3 Å². The number of nitrogens with one attached hydrogen (secondary N) is 2. The van der Waals surface area contributed by atoms with Gasteiger partial charge in [0.2, 0.25) is 0 Å². The summed E-state index contributed by atoms with van der Waals surface area (Å²) in [6.07, 6.45) is 7.76. The molecule has 0 spiro atoms. The molecule has 1 amide bonds. The molecule has 1 atom stereocenters. The van der Waals surface area contributed by atoms with E-state index in [0.29, 0.717) is 17.6 Å². The summed E-state index contributed by atoms with van der Waals surface area (Å²) in [5.41, 5.74) is 0.452. The summed E-state index contributed by atoms with van der Waals surface area (Å²) in [6.45, 7) is 3.17. The van der Waals surface area contributed by atoms with Crippen LogP contribution in [-0.4, -0.2) is 33.4 Å². The first-order chi connectivity index (χ1) is 13.1. The quantitative estimate of drug-likeness (QED) is 0.827. The number of amides is 1. The summed E-state index contributed by atoms with van der Waals surface area (Å²) in [4.78, 5) is 35.6. The average Bonchev–Trinajstić information content (AvgIpc) is 3.38. The number of likely N-dealkylation sites (tertiary alicyclic amines) is 1. The van der Waals surface area contributed by atoms with Crippen LogP contribution in [0.2, 0.25) is 0 Å². The van der Waals surface area contributed by atoms with Gasteiger partial charge in [-0.25, -0.2) is 4.98 Å². The monoisotopic (exact) mass is 386 g/mol. The molecule has 2 aromatic rings. The van der Waals surface area contributed by atoms with Gasteiger partial charge in [0, 0.05) is 28.7 Å². The van der Waals surface area contributed by atoms with Crippen LogP contribution in [0.25, 0.3) is 0 Å². The predicted octanol–water partition coefficient (Wildman–Crippen LogP) is 3.15. The normalized spacial score (nSPS) is 21.0. The van der Waals surface area contributed by atoms with E-state index in [-0.39, 0.29) is 18.0 Å². The van der Waals surface area contributed by atoms with E-state index in [1.165, 1.54) is 56.0 Å². The molecule has 2 aromatic heterocycles. The van der Waals surface area contributed by atoms with Gasteiger partial charge in [-0.05, 0) is 51.3 Å². The SMILES string of the molecule is Cc1cc(=O)[nH]c(CNC(=O)c2ccc(C3CCCN3C3CCCC3)s2)n1. The van der Waals surface area contributed by atoms with Gasteiger partial charge in [-0.1, -0.05) is 12.8 Å². The number of aromatic amines is 1. The smallest absolute Gasteiger partial charge is 0.261 e. The number of hydrogen-bond acceptors (Lipinski definition) is 5. The highest BCUT2D eigenvalue weighted by molar-refractivity contribution is 7.14. The van der Waals surface area contributed by atoms with Gasteiger partial charge < -0.3 is 10.3 Å². The zero-order chi connectivity index (χ0) is 18.8. The summed E-state index contributed by atoms with van der Waals surface area (Å²) in [6, 6.07) is 6.67. The number of nitrogens with zero attached hydrogens (tertiary/aromatic N) is 2. The lowest BCUT2D eigenvalue weighted by Gasteiger charge is -2.29. The number of carbonyl (C=O) groups is 1. The van der Waals surface area contributed by atoms with Gasteiger partial charge in [-0.15, -0.1) is 11.3 Å². The maximum atomic E-state index is 12.5. The Hall–Kier alpha value is -1.99. The molecule has 1 saturated heterocycles. The van der Waals surface area contributed by atoms with E-state index in [4.69, 9.17) is 0 Å². The number of rotatable bonds is 5. The van der Waals surface area contributed by atoms with Gasteiger partial charge >= 0.3 is 0 Å². The van der Waals surface area contributed by atoms with Crippen LogP contribution in [0, 0.1) is 6.92 Å². The molecule has 2 aliphatic rings. The Kier molecular flexibility index (Phi) is 5.41. The van der Waals surface area contributed by atoms with Gasteiger partial charge in [0.15, 0.2) is 0 Å². The van der Waals surface area contributed by atoms with Gasteiger partial charge in [0.25, 0.3) is 11.5 Å². The van der Waals surface area contributed by atoms with Crippen LogP contribution in [0.5, 0.6) is 0 Å². The third kappa shape index (κ3) is 4.14. The van der Waals surface area contributed by atoms with Crippen molar-refractivity contribution in [1.82, 2.24) is 20.2 Å². The number of aryl methyl sites for hydroxylation is 1. The van der Waals surface area contributed by atoms with E-state index in [2.05, 4.69) is 26.3 Å². The van der Waals surface area contributed by atoms with Crippen molar-refractivity contribution in [3.8, 4) is 0 Å². The van der Waals surface area contributed by atoms with Crippen LogP contribution < -0.4 is 10.9 Å². The van der Waals surface area contributed by atoms with E-state index in [1.807, 2.05) is 6.07 Å². The first-order valence-corrected chi connectivity index (χ1v) is 10.6. The molecule has 6 nitrogen and oxygen atoms in total. The Morgan fingerprint density at radius 3 is 2.89 bits per heavy atom. The Morgan fingerprint density at radius 1 is 1.30 bits per heavy atom. The van der Waals surface area contributed by atoms with Crippen molar-refractivity contribution in [3.63, 3.8) is 0 Å². The standard InChI is InChI=1S/C20H26N4O2S/c1-13-11-19(25)23-18(22-13)12-21-20(26)17-9-8-16(27-17)15-7-4-10-24(15)14-5-2-3-6-14/h8-9,11,14-15H,2-7,10,12H2,1H3,(H,21,26)(H,22,23,25). The minimum absolute atomic E-state index is 0.110. The number of aromatic nitrogens is 2. The Bertz CT molecular complexity index is 869. The van der Waals surface area contributed by atoms with Crippen molar-refractivity contribution in [2.24, 2.45) is 0 Å². The number of carbonyl (C=O) groups excluding carboxylic acids is 1. The molecule has 1 aliphatic carbocycles. The molecule has 3 heterocycles. The highest BCUT2D eigenvalue weighted by atomic mass is 32.1. The topological polar surface area (TPSA) is 78.1 Å². The molecule has 144 valence electrons. The molecule has 2 fully saturated rings. The fraction of sp³-hybridized carbons (Fsp3) is 0.550. The van der Waals surface area contributed by atoms with Crippen LogP contribution in [0.15, 0.2) is 23.0 Å². The lowest BCUT2D eigenvalue weighted by atomic mass is 10.1. The second-order valence-corrected chi connectivity index (χ2v) is 8.67. The maximum absolute atomic E-state index is 12.5. The summed E-state index contributed by atoms with van der Waals surface area (Å²) >= 11 is 1.60. The van der Waals surface area contributed by atoms with Crippen LogP contribution in [-0.2, 0) is 6.54 Å². The lowest BCUT2D eigenvalue weighted by Crippen LogP contribution is -2.32. The molecule has 27 heavy (non-hydrogen) atoms. The largest absolute Gasteiger partial charge is 0.344 e. The Labute approximate surface area is 163 Å². The molecule has 0 radical (unpaired) electrons. The highest BCUT2D eigenvalue weighted by Crippen LogP contribution is 2.40. The van der Waals surface area contributed by atoms with Crippen molar-refractivity contribution < 1.29 is 4.79 Å². The first kappa shape index (κ1) is 18.4. The predicted molar refractivity (Wildman–Crippen MR) is 106 cm³/mol. The van der Waals surface area contributed by atoms with Crippen molar-refractivity contribution in [1.29, 1.82) is 0 Å². The summed E-state index contributed by atoms with van der Waals surface area (Å²) in [5, 5.41) is 2.87. The summed E-state index contributed by atoms with van der Waals surface area (Å²) in [5.74, 6) is 0.370. The first-order valence-electron chi connectivity index (χ1n) is 9.80. The van der Waals surface area contributed by atoms with Crippen molar-refractivity contribution in [2.45, 2.75) is 64.1 Å². The Morgan fingerprint density at radius 2 is 2.11 bits per heavy atom. The summed E-state index contributed by atoms with van der Waals surface area (Å²) < 4.78 is 0. The molecule has 0 aromatic carbocycles. The second-order valence-electron chi connectivity index (χ2n) is 7.55. The number of H-pyrrole nitrogens is 1. The van der Waals surface area contributed by atoms with Crippen molar-refractivity contribution in [3.05, 3.63) is 49.8 Å². The molecule has 0 bridgehead atoms. The highest BCUT2D eigenvalue weighted by Gasteiger charge is 2.34. The average molecular weight is 387 g/mol. The van der Waals surface area contributed by atoms with Gasteiger partial charge in [-0.3, -0.25) is 14.5 Å². The molecule has 1 unspecified atom stereocenters. The molecular weight excluding hydrogens is 360 g/mol. The second kappa shape index (κ2) is 7.94. The third-order valence-corrected chi connectivity index (χ3v) is 6.79. The fourth-order valence-corrected chi connectivity index (χ4v) is 5.48. The molecule has 4 rings (SSSR count). The molecular formula is C20H26N4O2S. The lowest BCUT2D eigenvalue weighted by molar-refractivity contribution is 0.0954. The minimum Gasteiger partial charge on any atom is -0.344 e. The van der Waals surface area contributed by atoms with E-state index in [9.17, 15) is 9.59 Å². The minimum atomic E-state index is -0.196. The van der Waals surface area contributed by atoms with Gasteiger partial charge in [0.1, 0.15) is 5.82 Å². The number of hydrogen-bond donors (Lipinski definition) is 2. The summed E-state index contributed by atoms with van der Waals surface area (Å²) in [7, 11) is 0. The van der Waals surface area contributed by atoms with Crippen LogP contribution in [0.3, 0.4) is 0 Å². The maximum Gasteiger partial charge on any atom is 0.261 e. The molecule has 7 heteroatoms. The van der Waals surface area contributed by atoms with E-state index >= 15 is 0 Å². The zero-order valence-corrected chi connectivity index (χ0v) is 16.5. The van der Waals surface area contributed by atoms with Gasteiger partial charge in [0.05, 0.1) is 11.4 Å². The van der Waals surface area contributed by atoms with Crippen molar-refractivity contribution in [2.75, 3.05) is 6.54 Å². The van der Waals surface area contributed by atoms with Crippen molar-refractivity contribution >= 4 is 17.2 Å². The molecule has 1 saturated carbocycles.